The monoisotopic (exact) mass is 389 g/mol. The molecule has 0 spiro atoms. The number of amides is 1. The first-order valence-electron chi connectivity index (χ1n) is 7.25. The molecule has 0 saturated carbocycles. The predicted octanol–water partition coefficient (Wildman–Crippen LogP) is 3.60. The Labute approximate surface area is 147 Å². The predicted molar refractivity (Wildman–Crippen MR) is 97.8 cm³/mol. The zero-order valence-electron chi connectivity index (χ0n) is 12.7. The third-order valence-corrected chi connectivity index (χ3v) is 3.61. The summed E-state index contributed by atoms with van der Waals surface area (Å²) in [4.78, 5) is 22.2. The Kier molecular flexibility index (Phi) is 6.51. The standard InChI is InChI=1S/C17H16BrN3O3/c18-14-5-3-4-13(12-14)8-9-17(22)20-11-10-19-15-6-1-2-7-16(15)21(23)24/h1-9,12,19H,10-11H2,(H,20,22)/b9-8+. The topological polar surface area (TPSA) is 84.3 Å². The maximum absolute atomic E-state index is 11.7. The summed E-state index contributed by atoms with van der Waals surface area (Å²) in [5.74, 6) is -0.223. The van der Waals surface area contributed by atoms with Gasteiger partial charge in [-0.2, -0.15) is 0 Å². The fourth-order valence-corrected chi connectivity index (χ4v) is 2.42. The lowest BCUT2D eigenvalue weighted by molar-refractivity contribution is -0.384. The van der Waals surface area contributed by atoms with Crippen LogP contribution in [0.15, 0.2) is 59.1 Å². The SMILES string of the molecule is O=C(/C=C/c1cccc(Br)c1)NCCNc1ccccc1[N+](=O)[O-]. The molecule has 0 aromatic heterocycles. The average molecular weight is 390 g/mol. The molecule has 0 aliphatic carbocycles. The van der Waals surface area contributed by atoms with Crippen molar-refractivity contribution < 1.29 is 9.72 Å². The maximum atomic E-state index is 11.7. The molecule has 0 atom stereocenters. The molecule has 7 heteroatoms. The third kappa shape index (κ3) is 5.51. The molecule has 2 aromatic carbocycles. The molecule has 2 rings (SSSR count). The zero-order valence-corrected chi connectivity index (χ0v) is 14.3. The minimum absolute atomic E-state index is 0.0124. The average Bonchev–Trinajstić information content (AvgIpc) is 2.57. The minimum atomic E-state index is -0.443. The highest BCUT2D eigenvalue weighted by Crippen LogP contribution is 2.22. The molecule has 24 heavy (non-hydrogen) atoms. The number of carbonyl (C=O) groups excluding carboxylic acids is 1. The number of hydrogen-bond donors (Lipinski definition) is 2. The molecule has 1 amide bonds. The van der Waals surface area contributed by atoms with E-state index in [0.717, 1.165) is 10.0 Å². The Bertz CT molecular complexity index is 762. The van der Waals surface area contributed by atoms with Crippen LogP contribution in [0.3, 0.4) is 0 Å². The molecular weight excluding hydrogens is 374 g/mol. The molecule has 0 aliphatic heterocycles. The lowest BCUT2D eigenvalue weighted by atomic mass is 10.2. The fraction of sp³-hybridized carbons (Fsp3) is 0.118. The van der Waals surface area contributed by atoms with E-state index in [-0.39, 0.29) is 11.6 Å². The van der Waals surface area contributed by atoms with E-state index in [1.54, 1.807) is 24.3 Å². The quantitative estimate of drug-likeness (QED) is 0.328. The lowest BCUT2D eigenvalue weighted by Crippen LogP contribution is -2.27. The van der Waals surface area contributed by atoms with Gasteiger partial charge in [-0.25, -0.2) is 0 Å². The Balaban J connectivity index is 1.78. The van der Waals surface area contributed by atoms with Crippen LogP contribution in [-0.4, -0.2) is 23.9 Å². The molecule has 0 heterocycles. The summed E-state index contributed by atoms with van der Waals surface area (Å²) in [6.45, 7) is 0.745. The molecule has 0 bridgehead atoms. The van der Waals surface area contributed by atoms with Gasteiger partial charge in [0.2, 0.25) is 5.91 Å². The number of rotatable bonds is 7. The maximum Gasteiger partial charge on any atom is 0.292 e. The summed E-state index contributed by atoms with van der Waals surface area (Å²) in [5, 5.41) is 16.6. The smallest absolute Gasteiger partial charge is 0.292 e. The van der Waals surface area contributed by atoms with Crippen LogP contribution in [-0.2, 0) is 4.79 Å². The number of halogens is 1. The van der Waals surface area contributed by atoms with Gasteiger partial charge >= 0.3 is 0 Å². The summed E-state index contributed by atoms with van der Waals surface area (Å²) >= 11 is 3.37. The van der Waals surface area contributed by atoms with Gasteiger partial charge in [-0.05, 0) is 29.8 Å². The Morgan fingerprint density at radius 2 is 1.96 bits per heavy atom. The number of benzene rings is 2. The largest absolute Gasteiger partial charge is 0.378 e. The van der Waals surface area contributed by atoms with E-state index in [9.17, 15) is 14.9 Å². The van der Waals surface area contributed by atoms with Crippen LogP contribution in [0.2, 0.25) is 0 Å². The molecule has 0 radical (unpaired) electrons. The van der Waals surface area contributed by atoms with Gasteiger partial charge in [0, 0.05) is 29.7 Å². The van der Waals surface area contributed by atoms with Crippen LogP contribution >= 0.6 is 15.9 Å². The zero-order chi connectivity index (χ0) is 17.4. The highest BCUT2D eigenvalue weighted by Gasteiger charge is 2.11. The third-order valence-electron chi connectivity index (χ3n) is 3.12. The van der Waals surface area contributed by atoms with Crippen molar-refractivity contribution in [2.45, 2.75) is 0 Å². The van der Waals surface area contributed by atoms with Crippen molar-refractivity contribution >= 4 is 39.3 Å². The van der Waals surface area contributed by atoms with Gasteiger partial charge in [0.1, 0.15) is 5.69 Å². The Morgan fingerprint density at radius 1 is 1.17 bits per heavy atom. The van der Waals surface area contributed by atoms with E-state index in [4.69, 9.17) is 0 Å². The number of para-hydroxylation sites is 2. The van der Waals surface area contributed by atoms with Crippen molar-refractivity contribution in [2.24, 2.45) is 0 Å². The van der Waals surface area contributed by atoms with E-state index >= 15 is 0 Å². The molecule has 0 aliphatic rings. The van der Waals surface area contributed by atoms with Crippen molar-refractivity contribution in [3.05, 3.63) is 74.8 Å². The van der Waals surface area contributed by atoms with Crippen LogP contribution in [0, 0.1) is 10.1 Å². The molecule has 0 fully saturated rings. The highest BCUT2D eigenvalue weighted by atomic mass is 79.9. The van der Waals surface area contributed by atoms with Gasteiger partial charge < -0.3 is 10.6 Å². The molecular formula is C17H16BrN3O3. The number of anilines is 1. The van der Waals surface area contributed by atoms with Gasteiger partial charge in [-0.3, -0.25) is 14.9 Å². The van der Waals surface area contributed by atoms with E-state index in [1.165, 1.54) is 12.1 Å². The molecule has 6 nitrogen and oxygen atoms in total. The number of hydrogen-bond acceptors (Lipinski definition) is 4. The van der Waals surface area contributed by atoms with Crippen LogP contribution in [0.5, 0.6) is 0 Å². The number of nitro benzene ring substituents is 1. The molecule has 0 saturated heterocycles. The van der Waals surface area contributed by atoms with Crippen molar-refractivity contribution in [1.29, 1.82) is 0 Å². The van der Waals surface area contributed by atoms with Crippen LogP contribution in [0.1, 0.15) is 5.56 Å². The normalized spacial score (nSPS) is 10.5. The van der Waals surface area contributed by atoms with Gasteiger partial charge in [-0.1, -0.05) is 40.2 Å². The Morgan fingerprint density at radius 3 is 2.71 bits per heavy atom. The van der Waals surface area contributed by atoms with Crippen molar-refractivity contribution in [1.82, 2.24) is 5.32 Å². The second kappa shape index (κ2) is 8.83. The first-order valence-corrected chi connectivity index (χ1v) is 8.04. The van der Waals surface area contributed by atoms with E-state index in [1.807, 2.05) is 24.3 Å². The van der Waals surface area contributed by atoms with Crippen molar-refractivity contribution in [3.63, 3.8) is 0 Å². The van der Waals surface area contributed by atoms with E-state index in [0.29, 0.717) is 18.8 Å². The summed E-state index contributed by atoms with van der Waals surface area (Å²) in [5.41, 5.74) is 1.36. The van der Waals surface area contributed by atoms with Crippen LogP contribution in [0.25, 0.3) is 6.08 Å². The second-order valence-electron chi connectivity index (χ2n) is 4.88. The second-order valence-corrected chi connectivity index (χ2v) is 5.80. The van der Waals surface area contributed by atoms with Crippen LogP contribution in [0.4, 0.5) is 11.4 Å². The van der Waals surface area contributed by atoms with Gasteiger partial charge in [0.25, 0.3) is 5.69 Å². The Hall–Kier alpha value is -2.67. The minimum Gasteiger partial charge on any atom is -0.378 e. The fourth-order valence-electron chi connectivity index (χ4n) is 2.01. The number of nitrogens with zero attached hydrogens (tertiary/aromatic N) is 1. The number of nitro groups is 1. The molecule has 0 unspecified atom stereocenters. The first-order chi connectivity index (χ1) is 11.6. The van der Waals surface area contributed by atoms with E-state index < -0.39 is 4.92 Å². The summed E-state index contributed by atoms with van der Waals surface area (Å²) in [7, 11) is 0. The van der Waals surface area contributed by atoms with Gasteiger partial charge in [0.15, 0.2) is 0 Å². The number of nitrogens with one attached hydrogen (secondary N) is 2. The molecule has 124 valence electrons. The molecule has 2 N–H and O–H groups in total. The number of carbonyl (C=O) groups is 1. The molecule has 2 aromatic rings. The summed E-state index contributed by atoms with van der Waals surface area (Å²) < 4.78 is 0.943. The van der Waals surface area contributed by atoms with Gasteiger partial charge in [0.05, 0.1) is 4.92 Å². The van der Waals surface area contributed by atoms with E-state index in [2.05, 4.69) is 26.6 Å². The highest BCUT2D eigenvalue weighted by molar-refractivity contribution is 9.10. The van der Waals surface area contributed by atoms with Crippen molar-refractivity contribution in [2.75, 3.05) is 18.4 Å². The summed E-state index contributed by atoms with van der Waals surface area (Å²) in [6.07, 6.45) is 3.17. The summed E-state index contributed by atoms with van der Waals surface area (Å²) in [6, 6.07) is 14.0. The van der Waals surface area contributed by atoms with Gasteiger partial charge in [-0.15, -0.1) is 0 Å². The lowest BCUT2D eigenvalue weighted by Gasteiger charge is -2.07. The first kappa shape index (κ1) is 17.7. The van der Waals surface area contributed by atoms with Crippen LogP contribution < -0.4 is 10.6 Å². The van der Waals surface area contributed by atoms with Crippen molar-refractivity contribution in [3.8, 4) is 0 Å².